The number of aromatic carboxylic acids is 1. The van der Waals surface area contributed by atoms with E-state index in [0.717, 1.165) is 52.0 Å². The first-order valence-corrected chi connectivity index (χ1v) is 6.11. The maximum atomic E-state index is 10.6. The molecule has 1 fully saturated rings. The fraction of sp³-hybridized carbons (Fsp3) is 0.636. The SMILES string of the molecule is O=C(O)c1coc(NCCCN2CCNCC2)n1. The lowest BCUT2D eigenvalue weighted by molar-refractivity contribution is 0.0690. The predicted octanol–water partition coefficient (Wildman–Crippen LogP) is 0.0800. The molecule has 1 saturated heterocycles. The van der Waals surface area contributed by atoms with E-state index in [0.29, 0.717) is 0 Å². The summed E-state index contributed by atoms with van der Waals surface area (Å²) in [6.07, 6.45) is 2.12. The van der Waals surface area contributed by atoms with Crippen LogP contribution in [0.1, 0.15) is 16.9 Å². The van der Waals surface area contributed by atoms with E-state index in [1.54, 1.807) is 0 Å². The van der Waals surface area contributed by atoms with Gasteiger partial charge in [0, 0.05) is 32.7 Å². The van der Waals surface area contributed by atoms with Crippen LogP contribution in [0.2, 0.25) is 0 Å². The van der Waals surface area contributed by atoms with E-state index in [2.05, 4.69) is 20.5 Å². The molecule has 0 spiro atoms. The van der Waals surface area contributed by atoms with Crippen molar-refractivity contribution in [1.82, 2.24) is 15.2 Å². The molecule has 100 valence electrons. The van der Waals surface area contributed by atoms with Gasteiger partial charge >= 0.3 is 5.97 Å². The Morgan fingerprint density at radius 3 is 3.00 bits per heavy atom. The second kappa shape index (κ2) is 6.36. The van der Waals surface area contributed by atoms with Crippen molar-refractivity contribution in [3.8, 4) is 0 Å². The van der Waals surface area contributed by atoms with Crippen LogP contribution in [0.25, 0.3) is 0 Å². The molecule has 1 aliphatic heterocycles. The van der Waals surface area contributed by atoms with Crippen LogP contribution in [0.3, 0.4) is 0 Å². The van der Waals surface area contributed by atoms with Gasteiger partial charge in [0.05, 0.1) is 0 Å². The highest BCUT2D eigenvalue weighted by Gasteiger charge is 2.10. The van der Waals surface area contributed by atoms with Gasteiger partial charge in [-0.15, -0.1) is 0 Å². The number of carboxylic acids is 1. The Morgan fingerprint density at radius 2 is 2.33 bits per heavy atom. The van der Waals surface area contributed by atoms with Gasteiger partial charge in [-0.25, -0.2) is 4.79 Å². The van der Waals surface area contributed by atoms with E-state index in [9.17, 15) is 4.79 Å². The normalized spacial score (nSPS) is 16.7. The Kier molecular flexibility index (Phi) is 4.54. The molecule has 0 aliphatic carbocycles. The summed E-state index contributed by atoms with van der Waals surface area (Å²) in [5.41, 5.74) is -0.0698. The van der Waals surface area contributed by atoms with Crippen LogP contribution in [-0.4, -0.2) is 60.2 Å². The lowest BCUT2D eigenvalue weighted by Crippen LogP contribution is -2.44. The quantitative estimate of drug-likeness (QED) is 0.619. The molecule has 7 nitrogen and oxygen atoms in total. The van der Waals surface area contributed by atoms with Crippen molar-refractivity contribution in [1.29, 1.82) is 0 Å². The Hall–Kier alpha value is -1.60. The molecule has 0 radical (unpaired) electrons. The number of nitrogens with one attached hydrogen (secondary N) is 2. The number of piperazine rings is 1. The third kappa shape index (κ3) is 3.71. The second-order valence-electron chi connectivity index (χ2n) is 4.22. The van der Waals surface area contributed by atoms with E-state index in [1.165, 1.54) is 0 Å². The summed E-state index contributed by atoms with van der Waals surface area (Å²) >= 11 is 0. The first kappa shape index (κ1) is 12.8. The van der Waals surface area contributed by atoms with Crippen molar-refractivity contribution in [2.75, 3.05) is 44.6 Å². The van der Waals surface area contributed by atoms with Crippen LogP contribution in [0.15, 0.2) is 10.7 Å². The van der Waals surface area contributed by atoms with E-state index < -0.39 is 5.97 Å². The highest BCUT2D eigenvalue weighted by atomic mass is 16.4. The van der Waals surface area contributed by atoms with Crippen LogP contribution in [0.5, 0.6) is 0 Å². The summed E-state index contributed by atoms with van der Waals surface area (Å²) in [5.74, 6) is -1.08. The molecule has 1 aromatic rings. The first-order valence-electron chi connectivity index (χ1n) is 6.11. The highest BCUT2D eigenvalue weighted by Crippen LogP contribution is 2.07. The van der Waals surface area contributed by atoms with Gasteiger partial charge in [0.2, 0.25) is 0 Å². The predicted molar refractivity (Wildman–Crippen MR) is 65.9 cm³/mol. The van der Waals surface area contributed by atoms with Crippen molar-refractivity contribution < 1.29 is 14.3 Å². The van der Waals surface area contributed by atoms with E-state index in [4.69, 9.17) is 9.52 Å². The molecule has 0 atom stereocenters. The summed E-state index contributed by atoms with van der Waals surface area (Å²) in [5, 5.41) is 15.0. The molecule has 0 bridgehead atoms. The molecular weight excluding hydrogens is 236 g/mol. The van der Waals surface area contributed by atoms with Crippen molar-refractivity contribution in [2.45, 2.75) is 6.42 Å². The lowest BCUT2D eigenvalue weighted by atomic mass is 10.3. The summed E-state index contributed by atoms with van der Waals surface area (Å²) in [6, 6.07) is 0.271. The van der Waals surface area contributed by atoms with Crippen molar-refractivity contribution >= 4 is 12.0 Å². The number of hydrogen-bond donors (Lipinski definition) is 3. The molecule has 7 heteroatoms. The van der Waals surface area contributed by atoms with Gasteiger partial charge < -0.3 is 25.1 Å². The molecule has 0 unspecified atom stereocenters. The Morgan fingerprint density at radius 1 is 1.56 bits per heavy atom. The number of carboxylic acid groups (broad SMARTS) is 1. The van der Waals surface area contributed by atoms with E-state index in [1.807, 2.05) is 0 Å². The zero-order chi connectivity index (χ0) is 12.8. The number of aromatic nitrogens is 1. The maximum Gasteiger partial charge on any atom is 0.357 e. The highest BCUT2D eigenvalue weighted by molar-refractivity contribution is 5.85. The zero-order valence-corrected chi connectivity index (χ0v) is 10.2. The van der Waals surface area contributed by atoms with Gasteiger partial charge in [-0.1, -0.05) is 0 Å². The molecule has 3 N–H and O–H groups in total. The zero-order valence-electron chi connectivity index (χ0n) is 10.2. The summed E-state index contributed by atoms with van der Waals surface area (Å²) < 4.78 is 4.99. The van der Waals surface area contributed by atoms with Gasteiger partial charge in [0.15, 0.2) is 5.69 Å². The fourth-order valence-electron chi connectivity index (χ4n) is 1.89. The minimum atomic E-state index is -1.08. The molecule has 2 heterocycles. The van der Waals surface area contributed by atoms with E-state index in [-0.39, 0.29) is 11.7 Å². The van der Waals surface area contributed by atoms with Gasteiger partial charge in [0.25, 0.3) is 6.01 Å². The van der Waals surface area contributed by atoms with Crippen LogP contribution in [0, 0.1) is 0 Å². The fourth-order valence-corrected chi connectivity index (χ4v) is 1.89. The van der Waals surface area contributed by atoms with Crippen molar-refractivity contribution in [2.24, 2.45) is 0 Å². The Bertz CT molecular complexity index is 387. The monoisotopic (exact) mass is 254 g/mol. The van der Waals surface area contributed by atoms with Crippen molar-refractivity contribution in [3.05, 3.63) is 12.0 Å². The average Bonchev–Trinajstić information content (AvgIpc) is 2.85. The third-order valence-electron chi connectivity index (χ3n) is 2.86. The van der Waals surface area contributed by atoms with E-state index >= 15 is 0 Å². The molecular formula is C11H18N4O3. The molecule has 18 heavy (non-hydrogen) atoms. The van der Waals surface area contributed by atoms with Gasteiger partial charge in [-0.2, -0.15) is 4.98 Å². The van der Waals surface area contributed by atoms with Gasteiger partial charge in [-0.3, -0.25) is 0 Å². The lowest BCUT2D eigenvalue weighted by Gasteiger charge is -2.26. The summed E-state index contributed by atoms with van der Waals surface area (Å²) in [4.78, 5) is 16.8. The average molecular weight is 254 g/mol. The number of nitrogens with zero attached hydrogens (tertiary/aromatic N) is 2. The number of hydrogen-bond acceptors (Lipinski definition) is 6. The number of oxazole rings is 1. The third-order valence-corrected chi connectivity index (χ3v) is 2.86. The van der Waals surface area contributed by atoms with Crippen LogP contribution >= 0.6 is 0 Å². The Balaban J connectivity index is 1.63. The molecule has 1 aliphatic rings. The van der Waals surface area contributed by atoms with Gasteiger partial charge in [0.1, 0.15) is 6.26 Å². The minimum Gasteiger partial charge on any atom is -0.476 e. The van der Waals surface area contributed by atoms with Crippen LogP contribution in [-0.2, 0) is 0 Å². The van der Waals surface area contributed by atoms with Gasteiger partial charge in [-0.05, 0) is 13.0 Å². The molecule has 0 amide bonds. The van der Waals surface area contributed by atoms with Crippen molar-refractivity contribution in [3.63, 3.8) is 0 Å². The first-order chi connectivity index (χ1) is 8.75. The molecule has 0 saturated carbocycles. The standard InChI is InChI=1S/C11H18N4O3/c16-10(17)9-8-18-11(14-9)13-2-1-5-15-6-3-12-4-7-15/h8,12H,1-7H2,(H,13,14)(H,16,17). The topological polar surface area (TPSA) is 90.6 Å². The molecule has 2 rings (SSSR count). The summed E-state index contributed by atoms with van der Waals surface area (Å²) in [6.45, 7) is 6.03. The summed E-state index contributed by atoms with van der Waals surface area (Å²) in [7, 11) is 0. The number of anilines is 1. The smallest absolute Gasteiger partial charge is 0.357 e. The minimum absolute atomic E-state index is 0.0698. The second-order valence-corrected chi connectivity index (χ2v) is 4.22. The largest absolute Gasteiger partial charge is 0.476 e. The number of carbonyl (C=O) groups is 1. The van der Waals surface area contributed by atoms with Crippen LogP contribution in [0.4, 0.5) is 6.01 Å². The number of rotatable bonds is 6. The molecule has 1 aromatic heterocycles. The Labute approximate surface area is 105 Å². The molecule has 0 aromatic carbocycles. The van der Waals surface area contributed by atoms with Crippen LogP contribution < -0.4 is 10.6 Å². The maximum absolute atomic E-state index is 10.6.